The van der Waals surface area contributed by atoms with Gasteiger partial charge in [-0.2, -0.15) is 0 Å². The van der Waals surface area contributed by atoms with Crippen LogP contribution in [0.2, 0.25) is 0 Å². The number of aliphatic imine (C=N–C) groups is 2. The topological polar surface area (TPSA) is 57.9 Å². The first-order chi connectivity index (χ1) is 11.2. The highest BCUT2D eigenvalue weighted by Gasteiger charge is 2.30. The van der Waals surface area contributed by atoms with Crippen molar-refractivity contribution >= 4 is 23.1 Å². The SMILES string of the molecule is Cc1ccc(C(=O)CC2=Nc3ccccc3C3=NCCN23)cn1. The number of Topliss-reactive ketones (excluding diaryl/α,β-unsaturated/α-hetero) is 1. The van der Waals surface area contributed by atoms with Crippen LogP contribution in [0.15, 0.2) is 52.6 Å². The molecule has 2 aliphatic rings. The predicted octanol–water partition coefficient (Wildman–Crippen LogP) is 2.77. The van der Waals surface area contributed by atoms with Crippen LogP contribution in [-0.2, 0) is 0 Å². The van der Waals surface area contributed by atoms with Crippen LogP contribution >= 0.6 is 0 Å². The maximum absolute atomic E-state index is 12.5. The summed E-state index contributed by atoms with van der Waals surface area (Å²) in [6.45, 7) is 3.42. The summed E-state index contributed by atoms with van der Waals surface area (Å²) >= 11 is 0. The first kappa shape index (κ1) is 13.8. The minimum atomic E-state index is 0.0295. The second-order valence-electron chi connectivity index (χ2n) is 5.69. The molecule has 0 radical (unpaired) electrons. The summed E-state index contributed by atoms with van der Waals surface area (Å²) in [5, 5.41) is 0. The van der Waals surface area contributed by atoms with Crippen LogP contribution in [0.4, 0.5) is 5.69 Å². The zero-order chi connectivity index (χ0) is 15.8. The fourth-order valence-corrected chi connectivity index (χ4v) is 2.90. The van der Waals surface area contributed by atoms with Crippen LogP contribution in [0.1, 0.15) is 28.0 Å². The molecule has 4 rings (SSSR count). The summed E-state index contributed by atoms with van der Waals surface area (Å²) in [6, 6.07) is 11.6. The molecule has 1 aromatic heterocycles. The Morgan fingerprint density at radius 2 is 2.09 bits per heavy atom. The smallest absolute Gasteiger partial charge is 0.171 e. The van der Waals surface area contributed by atoms with Crippen LogP contribution in [0.3, 0.4) is 0 Å². The van der Waals surface area contributed by atoms with Crippen molar-refractivity contribution in [1.29, 1.82) is 0 Å². The number of para-hydroxylation sites is 1. The van der Waals surface area contributed by atoms with Crippen molar-refractivity contribution in [2.24, 2.45) is 9.98 Å². The lowest BCUT2D eigenvalue weighted by Crippen LogP contribution is -2.38. The number of fused-ring (bicyclic) bond motifs is 3. The third kappa shape index (κ3) is 2.44. The lowest BCUT2D eigenvalue weighted by atomic mass is 10.1. The van der Waals surface area contributed by atoms with E-state index in [1.165, 1.54) is 0 Å². The highest BCUT2D eigenvalue weighted by molar-refractivity contribution is 6.20. The lowest BCUT2D eigenvalue weighted by molar-refractivity contribution is 0.0998. The number of amidine groups is 2. The molecule has 2 aromatic rings. The minimum absolute atomic E-state index is 0.0295. The fourth-order valence-electron chi connectivity index (χ4n) is 2.90. The third-order valence-corrected chi connectivity index (χ3v) is 4.10. The lowest BCUT2D eigenvalue weighted by Gasteiger charge is -2.27. The quantitative estimate of drug-likeness (QED) is 0.819. The molecule has 1 aromatic carbocycles. The summed E-state index contributed by atoms with van der Waals surface area (Å²) in [6.07, 6.45) is 1.89. The second-order valence-corrected chi connectivity index (χ2v) is 5.69. The van der Waals surface area contributed by atoms with Gasteiger partial charge < -0.3 is 4.90 Å². The highest BCUT2D eigenvalue weighted by Crippen LogP contribution is 2.29. The first-order valence-corrected chi connectivity index (χ1v) is 7.67. The molecule has 23 heavy (non-hydrogen) atoms. The average Bonchev–Trinajstić information content (AvgIpc) is 3.06. The van der Waals surface area contributed by atoms with Crippen molar-refractivity contribution in [3.05, 3.63) is 59.4 Å². The van der Waals surface area contributed by atoms with Crippen molar-refractivity contribution in [2.45, 2.75) is 13.3 Å². The van der Waals surface area contributed by atoms with E-state index < -0.39 is 0 Å². The van der Waals surface area contributed by atoms with Crippen molar-refractivity contribution in [3.8, 4) is 0 Å². The number of ketones is 1. The van der Waals surface area contributed by atoms with E-state index in [-0.39, 0.29) is 12.2 Å². The standard InChI is InChI=1S/C18H16N4O/c1-12-6-7-13(11-20-12)16(23)10-17-21-15-5-3-2-4-14(15)18-19-8-9-22(17)18/h2-7,11H,8-10H2,1H3. The van der Waals surface area contributed by atoms with Crippen molar-refractivity contribution in [3.63, 3.8) is 0 Å². The van der Waals surface area contributed by atoms with Gasteiger partial charge in [0, 0.05) is 29.6 Å². The number of nitrogens with zero attached hydrogens (tertiary/aromatic N) is 4. The zero-order valence-electron chi connectivity index (χ0n) is 12.9. The van der Waals surface area contributed by atoms with E-state index >= 15 is 0 Å². The number of carbonyl (C=O) groups is 1. The normalized spacial score (nSPS) is 15.6. The van der Waals surface area contributed by atoms with Gasteiger partial charge >= 0.3 is 0 Å². The van der Waals surface area contributed by atoms with Crippen LogP contribution in [-0.4, -0.2) is 40.4 Å². The Morgan fingerprint density at radius 3 is 2.91 bits per heavy atom. The molecule has 0 atom stereocenters. The Morgan fingerprint density at radius 1 is 1.22 bits per heavy atom. The zero-order valence-corrected chi connectivity index (χ0v) is 12.9. The van der Waals surface area contributed by atoms with Crippen molar-refractivity contribution in [2.75, 3.05) is 13.1 Å². The Balaban J connectivity index is 1.66. The molecule has 0 spiro atoms. The molecular formula is C18H16N4O. The van der Waals surface area contributed by atoms with E-state index in [2.05, 4.69) is 14.9 Å². The van der Waals surface area contributed by atoms with E-state index in [0.29, 0.717) is 5.56 Å². The monoisotopic (exact) mass is 304 g/mol. The molecule has 114 valence electrons. The number of hydrogen-bond donors (Lipinski definition) is 0. The van der Waals surface area contributed by atoms with E-state index in [1.54, 1.807) is 6.20 Å². The van der Waals surface area contributed by atoms with Gasteiger partial charge in [0.05, 0.1) is 18.7 Å². The van der Waals surface area contributed by atoms with Gasteiger partial charge in [-0.15, -0.1) is 0 Å². The maximum Gasteiger partial charge on any atom is 0.171 e. The molecule has 5 nitrogen and oxygen atoms in total. The van der Waals surface area contributed by atoms with Crippen LogP contribution < -0.4 is 0 Å². The largest absolute Gasteiger partial charge is 0.312 e. The Labute approximate surface area is 134 Å². The van der Waals surface area contributed by atoms with Gasteiger partial charge in [-0.25, -0.2) is 4.99 Å². The molecule has 5 heteroatoms. The first-order valence-electron chi connectivity index (χ1n) is 7.67. The van der Waals surface area contributed by atoms with Crippen LogP contribution in [0.5, 0.6) is 0 Å². The molecule has 0 amide bonds. The minimum Gasteiger partial charge on any atom is -0.312 e. The molecule has 0 fully saturated rings. The number of aryl methyl sites for hydroxylation is 1. The molecule has 3 heterocycles. The van der Waals surface area contributed by atoms with Gasteiger partial charge in [0.15, 0.2) is 5.78 Å². The maximum atomic E-state index is 12.5. The van der Waals surface area contributed by atoms with Gasteiger partial charge in [0.25, 0.3) is 0 Å². The predicted molar refractivity (Wildman–Crippen MR) is 89.6 cm³/mol. The molecule has 2 aliphatic heterocycles. The molecule has 0 N–H and O–H groups in total. The summed E-state index contributed by atoms with van der Waals surface area (Å²) < 4.78 is 0. The van der Waals surface area contributed by atoms with Crippen molar-refractivity contribution in [1.82, 2.24) is 9.88 Å². The van der Waals surface area contributed by atoms with Crippen molar-refractivity contribution < 1.29 is 4.79 Å². The van der Waals surface area contributed by atoms with E-state index in [9.17, 15) is 4.79 Å². The summed E-state index contributed by atoms with van der Waals surface area (Å²) in [4.78, 5) is 28.1. The second kappa shape index (κ2) is 5.43. The number of benzene rings is 1. The van der Waals surface area contributed by atoms with E-state index in [1.807, 2.05) is 43.3 Å². The molecule has 0 saturated carbocycles. The summed E-state index contributed by atoms with van der Waals surface area (Å²) in [5.41, 5.74) is 3.45. The number of rotatable bonds is 3. The fraction of sp³-hybridized carbons (Fsp3) is 0.222. The molecule has 0 aliphatic carbocycles. The molecule has 0 bridgehead atoms. The summed E-state index contributed by atoms with van der Waals surface area (Å²) in [5.74, 6) is 1.73. The number of aromatic nitrogens is 1. The van der Waals surface area contributed by atoms with Gasteiger partial charge in [-0.05, 0) is 31.2 Å². The summed E-state index contributed by atoms with van der Waals surface area (Å²) in [7, 11) is 0. The molecule has 0 saturated heterocycles. The van der Waals surface area contributed by atoms with Crippen LogP contribution in [0.25, 0.3) is 0 Å². The van der Waals surface area contributed by atoms with E-state index in [0.717, 1.165) is 41.7 Å². The Hall–Kier alpha value is -2.82. The molecule has 0 unspecified atom stereocenters. The highest BCUT2D eigenvalue weighted by atomic mass is 16.1. The van der Waals surface area contributed by atoms with Gasteiger partial charge in [-0.3, -0.25) is 14.8 Å². The third-order valence-electron chi connectivity index (χ3n) is 4.10. The average molecular weight is 304 g/mol. The number of carbonyl (C=O) groups excluding carboxylic acids is 1. The van der Waals surface area contributed by atoms with Gasteiger partial charge in [0.1, 0.15) is 11.7 Å². The number of pyridine rings is 1. The van der Waals surface area contributed by atoms with E-state index in [4.69, 9.17) is 4.99 Å². The van der Waals surface area contributed by atoms with Crippen LogP contribution in [0, 0.1) is 6.92 Å². The molecular weight excluding hydrogens is 288 g/mol. The van der Waals surface area contributed by atoms with Gasteiger partial charge in [-0.1, -0.05) is 12.1 Å². The number of hydrogen-bond acceptors (Lipinski definition) is 5. The Kier molecular flexibility index (Phi) is 3.26. The Bertz CT molecular complexity index is 836. The van der Waals surface area contributed by atoms with Gasteiger partial charge in [0.2, 0.25) is 0 Å².